The number of rotatable bonds is 17. The minimum atomic E-state index is -2.24. The Balaban J connectivity index is 0.000000136. The number of aromatic hydroxyl groups is 8. The van der Waals surface area contributed by atoms with Crippen molar-refractivity contribution in [3.63, 3.8) is 0 Å². The van der Waals surface area contributed by atoms with E-state index in [9.17, 15) is 149 Å². The van der Waals surface area contributed by atoms with Crippen LogP contribution in [-0.4, -0.2) is 317 Å². The van der Waals surface area contributed by atoms with Crippen LogP contribution in [0.2, 0.25) is 0 Å². The Morgan fingerprint density at radius 3 is 0.833 bits per heavy atom. The van der Waals surface area contributed by atoms with Gasteiger partial charge in [0.25, 0.3) is 0 Å². The van der Waals surface area contributed by atoms with Crippen LogP contribution >= 0.6 is 0 Å². The van der Waals surface area contributed by atoms with Crippen LogP contribution in [0.25, 0.3) is 0 Å². The average molecular weight is 2080 g/mol. The minimum Gasteiger partial charge on any atom is -0.507 e. The van der Waals surface area contributed by atoms with E-state index in [0.717, 1.165) is 0 Å². The largest absolute Gasteiger partial charge is 0.507 e. The quantitative estimate of drug-likeness (QED) is 0.0571. The molecule has 4 saturated heterocycles. The number of hydrogen-bond donors (Lipinski definition) is 22. The second-order valence-electron chi connectivity index (χ2n) is 39.4. The van der Waals surface area contributed by atoms with Crippen molar-refractivity contribution in [1.29, 1.82) is 0 Å². The summed E-state index contributed by atoms with van der Waals surface area (Å²) in [7, 11) is 3.98. The minimum absolute atomic E-state index is 0.00588. The fourth-order valence-electron chi connectivity index (χ4n) is 22.0. The summed E-state index contributed by atoms with van der Waals surface area (Å²) in [6, 6.07) is 16.5. The predicted octanol–water partition coefficient (Wildman–Crippen LogP) is 1.27. The third kappa shape index (κ3) is 18.2. The van der Waals surface area contributed by atoms with Crippen LogP contribution in [0.15, 0.2) is 78.9 Å². The van der Waals surface area contributed by atoms with Crippen molar-refractivity contribution in [3.8, 4) is 63.2 Å². The summed E-state index contributed by atoms with van der Waals surface area (Å²) in [6.45, 7) is 3.25. The second kappa shape index (κ2) is 40.8. The number of carbonyl (C=O) groups is 12. The lowest BCUT2D eigenvalue weighted by Gasteiger charge is -2.42. The number of ether oxygens (including phenoxy) is 11. The maximum atomic E-state index is 13.6. The smallest absolute Gasteiger partial charge is 0.202 e. The van der Waals surface area contributed by atoms with Gasteiger partial charge in [0.2, 0.25) is 17.3 Å². The predicted molar refractivity (Wildman–Crippen MR) is 508 cm³/mol. The first-order valence-corrected chi connectivity index (χ1v) is 47.9. The molecule has 0 unspecified atom stereocenters. The van der Waals surface area contributed by atoms with Crippen molar-refractivity contribution >= 4 is 69.4 Å². The number of aliphatic hydroxyl groups excluding tert-OH is 6. The topological polar surface area (TPSA) is 775 Å². The maximum absolute atomic E-state index is 13.6. The molecule has 22 atom stereocenters. The van der Waals surface area contributed by atoms with Gasteiger partial charge in [-0.2, -0.15) is 0 Å². The fourth-order valence-corrected chi connectivity index (χ4v) is 22.0. The van der Waals surface area contributed by atoms with Gasteiger partial charge < -0.3 is 167 Å². The average Bonchev–Trinajstić information content (AvgIpc) is 0.720. The van der Waals surface area contributed by atoms with Gasteiger partial charge in [-0.3, -0.25) is 57.5 Å². The number of hydrogen-bond acceptors (Lipinski definition) is 45. The number of phenolic OH excluding ortho intramolecular Hbond substituents is 8. The van der Waals surface area contributed by atoms with Crippen molar-refractivity contribution < 1.29 is 202 Å². The molecule has 26 N–H and O–H groups in total. The molecule has 0 radical (unpaired) electrons. The summed E-state index contributed by atoms with van der Waals surface area (Å²) in [5.41, 5.74) is 11.0. The van der Waals surface area contributed by atoms with E-state index in [2.05, 4.69) is 0 Å². The normalized spacial score (nSPS) is 29.6. The van der Waals surface area contributed by atoms with E-state index in [0.29, 0.717) is 0 Å². The first-order valence-electron chi connectivity index (χ1n) is 47.9. The molecule has 0 saturated carbocycles. The molecule has 796 valence electrons. The zero-order valence-corrected chi connectivity index (χ0v) is 81.5. The highest BCUT2D eigenvalue weighted by atomic mass is 16.7. The van der Waals surface area contributed by atoms with Gasteiger partial charge in [0.05, 0.1) is 157 Å². The third-order valence-corrected chi connectivity index (χ3v) is 30.2. The van der Waals surface area contributed by atoms with Crippen molar-refractivity contribution in [2.45, 2.75) is 238 Å². The van der Waals surface area contributed by atoms with Crippen molar-refractivity contribution in [2.24, 2.45) is 22.9 Å². The van der Waals surface area contributed by atoms with Crippen molar-refractivity contribution in [1.82, 2.24) is 0 Å². The van der Waals surface area contributed by atoms with Gasteiger partial charge in [0, 0.05) is 174 Å². The molecule has 0 aromatic heterocycles. The maximum Gasteiger partial charge on any atom is 0.202 e. The Bertz CT molecular complexity index is 6990. The molecule has 20 rings (SSSR count). The highest BCUT2D eigenvalue weighted by Gasteiger charge is 2.57. The van der Waals surface area contributed by atoms with E-state index < -0.39 is 333 Å². The Hall–Kier alpha value is -13.3. The number of nitrogens with two attached hydrogens (primary N) is 4. The SMILES string of the molecule is CC(=O)[C@]1(O)Cc2c(O)c3c(c(O)c2[C@@H](O[C@H]2C[C@H](N)[C@@H](O)[C@H](C)O2)C1)C(=O)c1ccccc1C3=O.COc1cccc2c1C(=O)c1c(O)c3c(c(O)c1C2=O)C[C@@](O)(C(=O)CO)C[C@@H]3O[C@H]1C[C@H](N)[C@@H](O)CO1.COc1cccc2c1C(=O)c1c(O)c3c(c(O)c1C2=O)C[C@@](O)(C(=O)CO)C[C@@H]3O[C@H]1C[C@H](N)[C@H](O)[C@H](C)O1.COc1cccc2c1C(=O)c1c(O)c3c(c(O)c1C2=O)C[C@@](O)(C(C)=O)C[C@@H]3O[C@H]1C[C@H](N)[C@H](O)CO1. The van der Waals surface area contributed by atoms with E-state index in [1.807, 2.05) is 0 Å². The lowest BCUT2D eigenvalue weighted by atomic mass is 9.72. The summed E-state index contributed by atoms with van der Waals surface area (Å²) >= 11 is 0. The molecule has 8 aromatic carbocycles. The molecule has 12 aliphatic rings. The monoisotopic (exact) mass is 2080 g/mol. The highest BCUT2D eigenvalue weighted by Crippen LogP contribution is 2.59. The molecule has 0 spiro atoms. The fraction of sp³-hybridized carbons (Fsp3) is 0.429. The molecule has 0 bridgehead atoms. The number of aliphatic hydroxyl groups is 10. The molecular formula is C105H110N4O41. The zero-order chi connectivity index (χ0) is 109. The van der Waals surface area contributed by atoms with Gasteiger partial charge in [-0.25, -0.2) is 0 Å². The van der Waals surface area contributed by atoms with E-state index in [1.165, 1.54) is 102 Å². The van der Waals surface area contributed by atoms with Gasteiger partial charge >= 0.3 is 0 Å². The molecule has 150 heavy (non-hydrogen) atoms. The van der Waals surface area contributed by atoms with Gasteiger partial charge in [0.15, 0.2) is 77.2 Å². The Morgan fingerprint density at radius 1 is 0.333 bits per heavy atom. The first kappa shape index (κ1) is 108. The molecule has 4 fully saturated rings. The number of carbonyl (C=O) groups excluding carboxylic acids is 12. The Morgan fingerprint density at radius 2 is 0.573 bits per heavy atom. The van der Waals surface area contributed by atoms with Crippen molar-refractivity contribution in [3.05, 3.63) is 212 Å². The van der Waals surface area contributed by atoms with Crippen LogP contribution in [0.1, 0.15) is 275 Å². The van der Waals surface area contributed by atoms with Crippen LogP contribution in [0.3, 0.4) is 0 Å². The summed E-state index contributed by atoms with van der Waals surface area (Å²) in [5.74, 6) is -13.8. The number of phenols is 8. The second-order valence-corrected chi connectivity index (χ2v) is 39.4. The molecule has 0 amide bonds. The van der Waals surface area contributed by atoms with E-state index in [-0.39, 0.29) is 169 Å². The van der Waals surface area contributed by atoms with E-state index in [4.69, 9.17) is 75.0 Å². The van der Waals surface area contributed by atoms with Gasteiger partial charge in [-0.05, 0) is 45.9 Å². The van der Waals surface area contributed by atoms with Gasteiger partial charge in [-0.1, -0.05) is 60.7 Å². The lowest BCUT2D eigenvalue weighted by molar-refractivity contribution is -0.247. The molecule has 8 aliphatic carbocycles. The third-order valence-electron chi connectivity index (χ3n) is 30.2. The molecular weight excluding hydrogens is 1970 g/mol. The molecule has 4 aliphatic heterocycles. The van der Waals surface area contributed by atoms with Crippen LogP contribution in [-0.2, 0) is 82.8 Å². The molecule has 4 heterocycles. The number of benzene rings is 8. The van der Waals surface area contributed by atoms with Crippen LogP contribution in [0.5, 0.6) is 63.2 Å². The van der Waals surface area contributed by atoms with Crippen molar-refractivity contribution in [2.75, 3.05) is 47.8 Å². The highest BCUT2D eigenvalue weighted by molar-refractivity contribution is 6.34. The van der Waals surface area contributed by atoms with Crippen LogP contribution < -0.4 is 37.1 Å². The summed E-state index contributed by atoms with van der Waals surface area (Å²) in [6.07, 6.45) is -17.6. The standard InChI is InChI=1S/C27H29NO11.C26H27NO11.C26H27NO10.C26H27NO9/c1-10-22(31)13(28)6-17(38-10)39-15-8-27(36,16(30)9-29)7-12-19(15)26(35)21-20(24(12)33)23(32)11-4-3-5-14(37-2)18(11)25(21)34;1-36-14-4-2-3-10-18(14)24(33)21-20(22(10)31)23(32)11-6-26(35,16(30)8-28)7-15(19(11)25(21)34)38-17-5-12(27)13(29)9-37-17;1-10(28)26(34)7-12-19(16(8-26)37-17-6-13(27)14(29)9-36-17)25(33)21-20(23(12)31)22(30)11-4-3-5-15(35-2)18(11)24(21)32;1-10-21(29)15(27)7-17(35-10)36-16-9-26(34,11(2)28)8-14-18(16)25(33)20-19(24(14)32)22(30)12-5-3-4-6-13(12)23(20)31/h3-5,10,13,15,17,22,29,31,33,35-36H,6-9,28H2,1-2H3;2-4,12-13,15,17,28-29,32,34-35H,5-9,27H2,1H3;3-5,13-14,16-17,29,31,33-34H,6-9,27H2,1-2H3;3-6,10,15-17,21,29,32-34H,7-9,27H2,1-2H3/t10-,13-,15-,17-,22+,27-;12-,13-,15-,17-,26-;13-,14+,16-,17-,26-;10-,15-,16-,17-,21-,26-/m0000/s1. The van der Waals surface area contributed by atoms with Gasteiger partial charge in [0.1, 0.15) is 98.9 Å². The van der Waals surface area contributed by atoms with Crippen LogP contribution in [0.4, 0.5) is 0 Å². The van der Waals surface area contributed by atoms with Crippen LogP contribution in [0, 0.1) is 0 Å². The number of ketones is 12. The van der Waals surface area contributed by atoms with E-state index >= 15 is 0 Å². The van der Waals surface area contributed by atoms with E-state index in [1.54, 1.807) is 26.0 Å². The number of Topliss-reactive ketones (excluding diaryl/α,β-unsaturated/α-hetero) is 4. The lowest BCUT2D eigenvalue weighted by Crippen LogP contribution is -2.53. The number of methoxy groups -OCH3 is 3. The summed E-state index contributed by atoms with van der Waals surface area (Å²) in [5, 5.41) is 194. The Kier molecular flexibility index (Phi) is 29.4. The molecule has 45 nitrogen and oxygen atoms in total. The Labute approximate surface area is 850 Å². The van der Waals surface area contributed by atoms with Gasteiger partial charge in [-0.15, -0.1) is 0 Å². The first-order chi connectivity index (χ1) is 70.9. The zero-order valence-electron chi connectivity index (χ0n) is 81.5. The molecule has 45 heteroatoms. The molecule has 8 aromatic rings. The summed E-state index contributed by atoms with van der Waals surface area (Å²) < 4.78 is 62.2. The number of fused-ring (bicyclic) bond motifs is 12. The summed E-state index contributed by atoms with van der Waals surface area (Å²) in [4.78, 5) is 158.